The van der Waals surface area contributed by atoms with E-state index in [2.05, 4.69) is 26.0 Å². The number of hydrogen-bond acceptors (Lipinski definition) is 3. The van der Waals surface area contributed by atoms with E-state index in [1.54, 1.807) is 13.2 Å². The van der Waals surface area contributed by atoms with Crippen LogP contribution < -0.4 is 10.1 Å². The zero-order valence-electron chi connectivity index (χ0n) is 11.5. The highest BCUT2D eigenvalue weighted by molar-refractivity contribution is 9.10. The topological polar surface area (TPSA) is 30.5 Å². The van der Waals surface area contributed by atoms with E-state index in [1.807, 2.05) is 13.8 Å². The number of halogens is 4. The fourth-order valence-electron chi connectivity index (χ4n) is 1.45. The summed E-state index contributed by atoms with van der Waals surface area (Å²) in [6.45, 7) is 4.28. The quantitative estimate of drug-likeness (QED) is 0.810. The highest BCUT2D eigenvalue weighted by atomic mass is 79.9. The molecule has 7 heteroatoms. The molecule has 0 spiro atoms. The van der Waals surface area contributed by atoms with Gasteiger partial charge in [0.25, 0.3) is 0 Å². The van der Waals surface area contributed by atoms with Crippen LogP contribution in [0.25, 0.3) is 0 Å². The number of hydrogen-bond donors (Lipinski definition) is 1. The Balaban J connectivity index is 2.74. The van der Waals surface area contributed by atoms with E-state index in [9.17, 15) is 13.2 Å². The van der Waals surface area contributed by atoms with Gasteiger partial charge in [-0.25, -0.2) is 0 Å². The van der Waals surface area contributed by atoms with Crippen molar-refractivity contribution < 1.29 is 22.6 Å². The van der Waals surface area contributed by atoms with Crippen molar-refractivity contribution in [1.82, 2.24) is 0 Å². The molecule has 1 rings (SSSR count). The summed E-state index contributed by atoms with van der Waals surface area (Å²) >= 11 is 3.12. The first kappa shape index (κ1) is 17.1. The smallest absolute Gasteiger partial charge is 0.404 e. The Morgan fingerprint density at radius 1 is 1.25 bits per heavy atom. The molecule has 114 valence electrons. The van der Waals surface area contributed by atoms with Gasteiger partial charge >= 0.3 is 6.36 Å². The Morgan fingerprint density at radius 2 is 1.90 bits per heavy atom. The highest BCUT2D eigenvalue weighted by Gasteiger charge is 2.32. The van der Waals surface area contributed by atoms with Crippen LogP contribution in [0, 0.1) is 0 Å². The normalized spacial score (nSPS) is 12.3. The number of anilines is 1. The lowest BCUT2D eigenvalue weighted by atomic mass is 10.1. The third-order valence-electron chi connectivity index (χ3n) is 2.76. The number of rotatable bonds is 6. The van der Waals surface area contributed by atoms with Gasteiger partial charge in [-0.3, -0.25) is 0 Å². The predicted octanol–water partition coefficient (Wildman–Crippen LogP) is 4.57. The Hall–Kier alpha value is -0.950. The highest BCUT2D eigenvalue weighted by Crippen LogP contribution is 2.33. The maximum Gasteiger partial charge on any atom is 0.573 e. The van der Waals surface area contributed by atoms with Crippen LogP contribution >= 0.6 is 15.9 Å². The van der Waals surface area contributed by atoms with Crippen molar-refractivity contribution in [2.45, 2.75) is 32.2 Å². The number of methoxy groups -OCH3 is 1. The Kier molecular flexibility index (Phi) is 5.70. The lowest BCUT2D eigenvalue weighted by molar-refractivity contribution is -0.274. The third kappa shape index (κ3) is 6.00. The average molecular weight is 356 g/mol. The first-order valence-electron chi connectivity index (χ1n) is 5.97. The van der Waals surface area contributed by atoms with Gasteiger partial charge in [0, 0.05) is 18.1 Å². The number of alkyl halides is 3. The molecule has 3 nitrogen and oxygen atoms in total. The molecular formula is C13H17BrF3NO2. The van der Waals surface area contributed by atoms with Gasteiger partial charge in [-0.05, 0) is 38.5 Å². The van der Waals surface area contributed by atoms with Crippen LogP contribution in [0.5, 0.6) is 5.75 Å². The van der Waals surface area contributed by atoms with Gasteiger partial charge in [-0.1, -0.05) is 15.9 Å². The second-order valence-corrected chi connectivity index (χ2v) is 5.74. The standard InChI is InChI=1S/C13H17BrF3NO2/c1-12(2,19-3)6-7-18-10-5-4-9(14)8-11(10)20-13(15,16)17/h4-5,8,18H,6-7H2,1-3H3. The van der Waals surface area contributed by atoms with E-state index in [0.717, 1.165) is 0 Å². The van der Waals surface area contributed by atoms with Gasteiger partial charge in [0.2, 0.25) is 0 Å². The van der Waals surface area contributed by atoms with Crippen LogP contribution in [0.1, 0.15) is 20.3 Å². The molecule has 1 aromatic carbocycles. The van der Waals surface area contributed by atoms with Crippen molar-refractivity contribution in [1.29, 1.82) is 0 Å². The first-order chi connectivity index (χ1) is 9.13. The first-order valence-corrected chi connectivity index (χ1v) is 6.76. The van der Waals surface area contributed by atoms with Gasteiger partial charge in [0.15, 0.2) is 5.75 Å². The molecule has 0 aliphatic rings. The monoisotopic (exact) mass is 355 g/mol. The van der Waals surface area contributed by atoms with Gasteiger partial charge < -0.3 is 14.8 Å². The molecule has 20 heavy (non-hydrogen) atoms. The molecule has 0 aromatic heterocycles. The number of benzene rings is 1. The van der Waals surface area contributed by atoms with E-state index in [1.165, 1.54) is 12.1 Å². The molecule has 0 heterocycles. The van der Waals surface area contributed by atoms with Crippen LogP contribution in [-0.4, -0.2) is 25.6 Å². The Bertz CT molecular complexity index is 450. The molecule has 0 aliphatic carbocycles. The maximum absolute atomic E-state index is 12.3. The van der Waals surface area contributed by atoms with Crippen LogP contribution in [0.15, 0.2) is 22.7 Å². The van der Waals surface area contributed by atoms with Crippen LogP contribution in [-0.2, 0) is 4.74 Å². The summed E-state index contributed by atoms with van der Waals surface area (Å²) in [6, 6.07) is 4.45. The van der Waals surface area contributed by atoms with E-state index in [-0.39, 0.29) is 17.0 Å². The molecular weight excluding hydrogens is 339 g/mol. The summed E-state index contributed by atoms with van der Waals surface area (Å²) in [6.07, 6.45) is -4.08. The van der Waals surface area contributed by atoms with Crippen LogP contribution in [0.2, 0.25) is 0 Å². The van der Waals surface area contributed by atoms with Crippen molar-refractivity contribution in [3.8, 4) is 5.75 Å². The Morgan fingerprint density at radius 3 is 2.45 bits per heavy atom. The minimum absolute atomic E-state index is 0.262. The van der Waals surface area contributed by atoms with E-state index < -0.39 is 6.36 Å². The van der Waals surface area contributed by atoms with Gasteiger partial charge in [0.05, 0.1) is 11.3 Å². The van der Waals surface area contributed by atoms with Gasteiger partial charge in [-0.15, -0.1) is 13.2 Å². The van der Waals surface area contributed by atoms with E-state index in [4.69, 9.17) is 4.74 Å². The molecule has 0 fully saturated rings. The van der Waals surface area contributed by atoms with Crippen LogP contribution in [0.3, 0.4) is 0 Å². The fraction of sp³-hybridized carbons (Fsp3) is 0.538. The van der Waals surface area contributed by atoms with Crippen molar-refractivity contribution in [3.05, 3.63) is 22.7 Å². The summed E-state index contributed by atoms with van der Waals surface area (Å²) in [5.74, 6) is -0.262. The van der Waals surface area contributed by atoms with E-state index in [0.29, 0.717) is 17.4 Å². The summed E-state index contributed by atoms with van der Waals surface area (Å²) in [4.78, 5) is 0. The second kappa shape index (κ2) is 6.67. The SMILES string of the molecule is COC(C)(C)CCNc1ccc(Br)cc1OC(F)(F)F. The zero-order chi connectivity index (χ0) is 15.4. The van der Waals surface area contributed by atoms with Crippen molar-refractivity contribution in [2.75, 3.05) is 19.0 Å². The zero-order valence-corrected chi connectivity index (χ0v) is 13.1. The lowest BCUT2D eigenvalue weighted by Crippen LogP contribution is -2.26. The number of ether oxygens (including phenoxy) is 2. The largest absolute Gasteiger partial charge is 0.573 e. The van der Waals surface area contributed by atoms with Gasteiger partial charge in [0.1, 0.15) is 0 Å². The minimum atomic E-state index is -4.72. The molecule has 1 aromatic rings. The Labute approximate surface area is 124 Å². The molecule has 0 bridgehead atoms. The minimum Gasteiger partial charge on any atom is -0.404 e. The fourth-order valence-corrected chi connectivity index (χ4v) is 1.79. The molecule has 0 saturated heterocycles. The summed E-state index contributed by atoms with van der Waals surface area (Å²) in [5, 5.41) is 2.93. The van der Waals surface area contributed by atoms with Gasteiger partial charge in [-0.2, -0.15) is 0 Å². The van der Waals surface area contributed by atoms with Crippen LogP contribution in [0.4, 0.5) is 18.9 Å². The van der Waals surface area contributed by atoms with Crippen molar-refractivity contribution in [3.63, 3.8) is 0 Å². The van der Waals surface area contributed by atoms with Crippen molar-refractivity contribution >= 4 is 21.6 Å². The molecule has 0 radical (unpaired) electrons. The summed E-state index contributed by atoms with van der Waals surface area (Å²) < 4.78 is 46.8. The predicted molar refractivity (Wildman–Crippen MR) is 75.0 cm³/mol. The molecule has 0 unspecified atom stereocenters. The lowest BCUT2D eigenvalue weighted by Gasteiger charge is -2.23. The molecule has 1 N–H and O–H groups in total. The third-order valence-corrected chi connectivity index (χ3v) is 3.26. The molecule has 0 saturated carbocycles. The molecule has 0 atom stereocenters. The van der Waals surface area contributed by atoms with Crippen molar-refractivity contribution in [2.24, 2.45) is 0 Å². The summed E-state index contributed by atoms with van der Waals surface area (Å²) in [5.41, 5.74) is -0.0506. The second-order valence-electron chi connectivity index (χ2n) is 4.83. The average Bonchev–Trinajstić information content (AvgIpc) is 2.30. The number of nitrogens with one attached hydrogen (secondary N) is 1. The molecule has 0 amide bonds. The molecule has 0 aliphatic heterocycles. The van der Waals surface area contributed by atoms with E-state index >= 15 is 0 Å². The maximum atomic E-state index is 12.3. The summed E-state index contributed by atoms with van der Waals surface area (Å²) in [7, 11) is 1.60.